The minimum atomic E-state index is -5.00. The zero-order chi connectivity index (χ0) is 14.4. The van der Waals surface area contributed by atoms with E-state index in [1.165, 1.54) is 6.92 Å². The predicted octanol–water partition coefficient (Wildman–Crippen LogP) is 0.650. The van der Waals surface area contributed by atoms with E-state index in [-0.39, 0.29) is 5.57 Å². The highest BCUT2D eigenvalue weighted by molar-refractivity contribution is 7.85. The van der Waals surface area contributed by atoms with E-state index in [9.17, 15) is 26.5 Å². The van der Waals surface area contributed by atoms with Gasteiger partial charge in [0.2, 0.25) is 0 Å². The summed E-state index contributed by atoms with van der Waals surface area (Å²) in [5.41, 5.74) is 0.126. The van der Waals surface area contributed by atoms with E-state index in [4.69, 9.17) is 0 Å². The maximum absolute atomic E-state index is 12.9. The molecule has 0 atom stereocenters. The van der Waals surface area contributed by atoms with E-state index in [0.717, 1.165) is 0 Å². The number of rotatable bonds is 8. The molecule has 0 heterocycles. The molecule has 0 rings (SSSR count). The molecule has 0 aliphatic heterocycles. The number of halogens is 2. The number of ether oxygens (including phenoxy) is 2. The molecule has 0 amide bonds. The summed E-state index contributed by atoms with van der Waals surface area (Å²) in [5.74, 6) is -6.18. The third-order valence-corrected chi connectivity index (χ3v) is 2.40. The van der Waals surface area contributed by atoms with Crippen molar-refractivity contribution in [2.45, 2.75) is 19.3 Å². The van der Waals surface area contributed by atoms with Crippen molar-refractivity contribution >= 4 is 16.1 Å². The summed E-state index contributed by atoms with van der Waals surface area (Å²) >= 11 is 0. The largest absolute Gasteiger partial charge is 0.748 e. The van der Waals surface area contributed by atoms with Crippen LogP contribution in [-0.4, -0.2) is 44.0 Å². The van der Waals surface area contributed by atoms with Gasteiger partial charge in [0.05, 0.1) is 6.61 Å². The molecule has 0 fully saturated rings. The van der Waals surface area contributed by atoms with E-state index >= 15 is 0 Å². The monoisotopic (exact) mass is 287 g/mol. The number of carbonyl (C=O) groups is 1. The molecular weight excluding hydrogens is 274 g/mol. The molecule has 0 saturated carbocycles. The van der Waals surface area contributed by atoms with Crippen LogP contribution in [0.25, 0.3) is 0 Å². The van der Waals surface area contributed by atoms with Crippen molar-refractivity contribution in [3.63, 3.8) is 0 Å². The van der Waals surface area contributed by atoms with Crippen LogP contribution in [0.3, 0.4) is 0 Å². The minimum absolute atomic E-state index is 0.126. The second-order valence-corrected chi connectivity index (χ2v) is 4.95. The second-order valence-electron chi connectivity index (χ2n) is 3.55. The Balaban J connectivity index is 3.85. The molecule has 6 nitrogen and oxygen atoms in total. The lowest BCUT2D eigenvalue weighted by Gasteiger charge is -2.17. The average molecular weight is 287 g/mol. The van der Waals surface area contributed by atoms with E-state index in [0.29, 0.717) is 0 Å². The normalized spacial score (nSPS) is 12.2. The van der Waals surface area contributed by atoms with Crippen LogP contribution in [-0.2, 0) is 24.4 Å². The highest BCUT2D eigenvalue weighted by Crippen LogP contribution is 2.20. The van der Waals surface area contributed by atoms with Crippen molar-refractivity contribution in [2.75, 3.05) is 19.2 Å². The Morgan fingerprint density at radius 3 is 2.44 bits per heavy atom. The molecule has 0 spiro atoms. The molecule has 0 aromatic heterocycles. The molecule has 0 N–H and O–H groups in total. The standard InChI is InChI=1S/C9H14F2O6S/c1-7(2)8(12)17-6-16-4-3-9(10,11)5-18(13,14)15/h1,3-6H2,2H3,(H,13,14,15)/p-1. The molecule has 0 aliphatic rings. The highest BCUT2D eigenvalue weighted by atomic mass is 32.2. The molecular formula is C9H13F2O6S-. The maximum atomic E-state index is 12.9. The quantitative estimate of drug-likeness (QED) is 0.214. The number of alkyl halides is 2. The van der Waals surface area contributed by atoms with Crippen LogP contribution in [0, 0.1) is 0 Å². The third kappa shape index (κ3) is 9.02. The first-order valence-corrected chi connectivity index (χ1v) is 6.33. The highest BCUT2D eigenvalue weighted by Gasteiger charge is 2.31. The third-order valence-electron chi connectivity index (χ3n) is 1.62. The zero-order valence-electron chi connectivity index (χ0n) is 9.65. The van der Waals surface area contributed by atoms with Crippen molar-refractivity contribution in [2.24, 2.45) is 0 Å². The van der Waals surface area contributed by atoms with Gasteiger partial charge in [-0.15, -0.1) is 0 Å². The molecule has 9 heteroatoms. The lowest BCUT2D eigenvalue weighted by Crippen LogP contribution is -2.29. The fourth-order valence-electron chi connectivity index (χ4n) is 0.830. The number of esters is 1. The smallest absolute Gasteiger partial charge is 0.335 e. The molecule has 106 valence electrons. The maximum Gasteiger partial charge on any atom is 0.335 e. The molecule has 0 unspecified atom stereocenters. The number of carbonyl (C=O) groups excluding carboxylic acids is 1. The van der Waals surface area contributed by atoms with Gasteiger partial charge in [-0.05, 0) is 6.92 Å². The van der Waals surface area contributed by atoms with Crippen molar-refractivity contribution in [3.05, 3.63) is 12.2 Å². The van der Waals surface area contributed by atoms with E-state index in [2.05, 4.69) is 16.1 Å². The summed E-state index contributed by atoms with van der Waals surface area (Å²) < 4.78 is 65.1. The lowest BCUT2D eigenvalue weighted by atomic mass is 10.3. The molecule has 0 aliphatic carbocycles. The van der Waals surface area contributed by atoms with Gasteiger partial charge in [-0.1, -0.05) is 6.58 Å². The van der Waals surface area contributed by atoms with E-state index in [1.807, 2.05) is 0 Å². The second kappa shape index (κ2) is 6.76. The topological polar surface area (TPSA) is 92.7 Å². The van der Waals surface area contributed by atoms with Gasteiger partial charge in [0.1, 0.15) is 15.9 Å². The van der Waals surface area contributed by atoms with E-state index in [1.54, 1.807) is 0 Å². The Morgan fingerprint density at radius 2 is 2.00 bits per heavy atom. The summed E-state index contributed by atoms with van der Waals surface area (Å²) in [6.07, 6.45) is -0.959. The summed E-state index contributed by atoms with van der Waals surface area (Å²) in [5, 5.41) is 0. The van der Waals surface area contributed by atoms with Crippen molar-refractivity contribution < 1.29 is 36.0 Å². The van der Waals surface area contributed by atoms with Crippen LogP contribution in [0.4, 0.5) is 8.78 Å². The Hall–Kier alpha value is -1.06. The zero-order valence-corrected chi connectivity index (χ0v) is 10.5. The van der Waals surface area contributed by atoms with Gasteiger partial charge in [-0.3, -0.25) is 0 Å². The van der Waals surface area contributed by atoms with Crippen LogP contribution >= 0.6 is 0 Å². The first-order valence-electron chi connectivity index (χ1n) is 4.75. The lowest BCUT2D eigenvalue weighted by molar-refractivity contribution is -0.152. The first kappa shape index (κ1) is 16.9. The molecule has 0 bridgehead atoms. The fourth-order valence-corrected chi connectivity index (χ4v) is 1.49. The molecule has 0 aromatic rings. The first-order chi connectivity index (χ1) is 8.03. The Kier molecular flexibility index (Phi) is 6.36. The Morgan fingerprint density at radius 1 is 1.44 bits per heavy atom. The van der Waals surface area contributed by atoms with Gasteiger partial charge < -0.3 is 14.0 Å². The van der Waals surface area contributed by atoms with Crippen LogP contribution in [0.2, 0.25) is 0 Å². The number of hydrogen-bond donors (Lipinski definition) is 0. The Bertz CT molecular complexity index is 403. The average Bonchev–Trinajstić information content (AvgIpc) is 2.12. The van der Waals surface area contributed by atoms with Crippen molar-refractivity contribution in [3.8, 4) is 0 Å². The van der Waals surface area contributed by atoms with E-state index < -0.39 is 47.6 Å². The van der Waals surface area contributed by atoms with Gasteiger partial charge in [0.15, 0.2) is 6.79 Å². The summed E-state index contributed by atoms with van der Waals surface area (Å²) in [6, 6.07) is 0. The molecule has 0 aromatic carbocycles. The molecule has 18 heavy (non-hydrogen) atoms. The van der Waals surface area contributed by atoms with Crippen molar-refractivity contribution in [1.82, 2.24) is 0 Å². The van der Waals surface area contributed by atoms with Crippen LogP contribution < -0.4 is 0 Å². The summed E-state index contributed by atoms with van der Waals surface area (Å²) in [6.45, 7) is 3.58. The summed E-state index contributed by atoms with van der Waals surface area (Å²) in [4.78, 5) is 10.8. The fraction of sp³-hybridized carbons (Fsp3) is 0.667. The minimum Gasteiger partial charge on any atom is -0.748 e. The van der Waals surface area contributed by atoms with Gasteiger partial charge in [-0.2, -0.15) is 0 Å². The van der Waals surface area contributed by atoms with Crippen LogP contribution in [0.15, 0.2) is 12.2 Å². The van der Waals surface area contributed by atoms with Gasteiger partial charge in [-0.25, -0.2) is 22.0 Å². The van der Waals surface area contributed by atoms with Gasteiger partial charge in [0, 0.05) is 12.0 Å². The number of hydrogen-bond acceptors (Lipinski definition) is 6. The molecule has 0 radical (unpaired) electrons. The predicted molar refractivity (Wildman–Crippen MR) is 55.9 cm³/mol. The SMILES string of the molecule is C=C(C)C(=O)OCOCCC(F)(F)CS(=O)(=O)[O-]. The van der Waals surface area contributed by atoms with Gasteiger partial charge in [0.25, 0.3) is 5.92 Å². The van der Waals surface area contributed by atoms with Crippen molar-refractivity contribution in [1.29, 1.82) is 0 Å². The Labute approximate surface area is 103 Å². The van der Waals surface area contributed by atoms with Crippen LogP contribution in [0.5, 0.6) is 0 Å². The van der Waals surface area contributed by atoms with Gasteiger partial charge >= 0.3 is 5.97 Å². The summed E-state index contributed by atoms with van der Waals surface area (Å²) in [7, 11) is -5.00. The molecule has 0 saturated heterocycles. The van der Waals surface area contributed by atoms with Crippen LogP contribution in [0.1, 0.15) is 13.3 Å².